The summed E-state index contributed by atoms with van der Waals surface area (Å²) in [7, 11) is 1.82. The molecule has 0 bridgehead atoms. The third-order valence-corrected chi connectivity index (χ3v) is 5.54. The Labute approximate surface area is 146 Å². The smallest absolute Gasteiger partial charge is 0.263 e. The summed E-state index contributed by atoms with van der Waals surface area (Å²) in [5.74, 6) is 0.0308. The number of nitrogens with zero attached hydrogens (tertiary/aromatic N) is 1. The highest BCUT2D eigenvalue weighted by Gasteiger charge is 2.22. The normalized spacial score (nSPS) is 12.2. The van der Waals surface area contributed by atoms with Crippen LogP contribution in [0.1, 0.15) is 34.1 Å². The molecule has 0 atom stereocenters. The van der Waals surface area contributed by atoms with E-state index in [0.717, 1.165) is 24.1 Å². The minimum atomic E-state index is -0.0337. The second kappa shape index (κ2) is 7.18. The maximum atomic E-state index is 12.7. The van der Waals surface area contributed by atoms with Gasteiger partial charge in [-0.2, -0.15) is 0 Å². The van der Waals surface area contributed by atoms with Gasteiger partial charge in [-0.3, -0.25) is 9.59 Å². The first-order chi connectivity index (χ1) is 11.6. The molecule has 4 nitrogen and oxygen atoms in total. The molecule has 0 saturated heterocycles. The molecule has 24 heavy (non-hydrogen) atoms. The molecule has 1 aliphatic rings. The SMILES string of the molecule is CC(=O)NCCCN(C)C(=O)c1cc2c(s1)-c1ccccc1CC2. The van der Waals surface area contributed by atoms with E-state index in [2.05, 4.69) is 35.6 Å². The molecular formula is C19H22N2O2S. The Bertz CT molecular complexity index is 766. The summed E-state index contributed by atoms with van der Waals surface area (Å²) in [6, 6.07) is 10.5. The van der Waals surface area contributed by atoms with Crippen molar-refractivity contribution in [1.29, 1.82) is 0 Å². The van der Waals surface area contributed by atoms with E-state index in [0.29, 0.717) is 13.1 Å². The Morgan fingerprint density at radius 3 is 2.75 bits per heavy atom. The summed E-state index contributed by atoms with van der Waals surface area (Å²) < 4.78 is 0. The number of thiophene rings is 1. The molecule has 5 heteroatoms. The quantitative estimate of drug-likeness (QED) is 0.849. The van der Waals surface area contributed by atoms with Gasteiger partial charge in [0, 0.05) is 31.9 Å². The van der Waals surface area contributed by atoms with Gasteiger partial charge in [-0.05, 0) is 42.0 Å². The van der Waals surface area contributed by atoms with E-state index in [4.69, 9.17) is 0 Å². The topological polar surface area (TPSA) is 49.4 Å². The molecule has 1 heterocycles. The summed E-state index contributed by atoms with van der Waals surface area (Å²) in [5, 5.41) is 2.76. The zero-order valence-corrected chi connectivity index (χ0v) is 14.9. The Hall–Kier alpha value is -2.14. The van der Waals surface area contributed by atoms with Crippen molar-refractivity contribution in [2.45, 2.75) is 26.2 Å². The molecule has 0 spiro atoms. The van der Waals surface area contributed by atoms with Crippen LogP contribution in [0.25, 0.3) is 10.4 Å². The molecular weight excluding hydrogens is 320 g/mol. The number of aryl methyl sites for hydroxylation is 2. The average Bonchev–Trinajstić information content (AvgIpc) is 3.02. The summed E-state index contributed by atoms with van der Waals surface area (Å²) in [6.07, 6.45) is 2.80. The van der Waals surface area contributed by atoms with Crippen molar-refractivity contribution in [3.63, 3.8) is 0 Å². The number of hydrogen-bond donors (Lipinski definition) is 1. The van der Waals surface area contributed by atoms with Crippen molar-refractivity contribution in [2.75, 3.05) is 20.1 Å². The average molecular weight is 342 g/mol. The first kappa shape index (κ1) is 16.7. The van der Waals surface area contributed by atoms with Crippen LogP contribution in [-0.2, 0) is 17.6 Å². The fraction of sp³-hybridized carbons (Fsp3) is 0.368. The van der Waals surface area contributed by atoms with E-state index in [1.807, 2.05) is 7.05 Å². The Kier molecular flexibility index (Phi) is 5.00. The maximum Gasteiger partial charge on any atom is 0.263 e. The Morgan fingerprint density at radius 2 is 1.96 bits per heavy atom. The summed E-state index contributed by atoms with van der Waals surface area (Å²) in [5.41, 5.74) is 3.93. The zero-order valence-electron chi connectivity index (χ0n) is 14.1. The Morgan fingerprint density at radius 1 is 1.21 bits per heavy atom. The number of carbonyl (C=O) groups excluding carboxylic acids is 2. The van der Waals surface area contributed by atoms with Crippen molar-refractivity contribution >= 4 is 23.2 Å². The minimum Gasteiger partial charge on any atom is -0.356 e. The molecule has 1 aliphatic carbocycles. The van der Waals surface area contributed by atoms with Crippen LogP contribution in [0.4, 0.5) is 0 Å². The highest BCUT2D eigenvalue weighted by atomic mass is 32.1. The van der Waals surface area contributed by atoms with Crippen LogP contribution in [0, 0.1) is 0 Å². The van der Waals surface area contributed by atoms with Crippen LogP contribution in [0.15, 0.2) is 30.3 Å². The number of amides is 2. The van der Waals surface area contributed by atoms with E-state index in [-0.39, 0.29) is 11.8 Å². The molecule has 1 aromatic heterocycles. The van der Waals surface area contributed by atoms with Gasteiger partial charge in [-0.25, -0.2) is 0 Å². The summed E-state index contributed by atoms with van der Waals surface area (Å²) in [4.78, 5) is 27.3. The van der Waals surface area contributed by atoms with Crippen molar-refractivity contribution in [1.82, 2.24) is 10.2 Å². The predicted octanol–water partition coefficient (Wildman–Crippen LogP) is 3.11. The monoisotopic (exact) mass is 342 g/mol. The van der Waals surface area contributed by atoms with Crippen LogP contribution in [0.3, 0.4) is 0 Å². The van der Waals surface area contributed by atoms with Crippen LogP contribution >= 0.6 is 11.3 Å². The molecule has 2 amide bonds. The van der Waals surface area contributed by atoms with Gasteiger partial charge in [0.15, 0.2) is 0 Å². The summed E-state index contributed by atoms with van der Waals surface area (Å²) >= 11 is 1.60. The fourth-order valence-electron chi connectivity index (χ4n) is 3.05. The molecule has 0 radical (unpaired) electrons. The van der Waals surface area contributed by atoms with Gasteiger partial charge in [-0.15, -0.1) is 11.3 Å². The lowest BCUT2D eigenvalue weighted by atomic mass is 9.91. The number of fused-ring (bicyclic) bond motifs is 3. The number of benzene rings is 1. The highest BCUT2D eigenvalue weighted by Crippen LogP contribution is 2.39. The molecule has 0 unspecified atom stereocenters. The molecule has 1 aromatic carbocycles. The van der Waals surface area contributed by atoms with E-state index in [9.17, 15) is 9.59 Å². The fourth-order valence-corrected chi connectivity index (χ4v) is 4.31. The zero-order chi connectivity index (χ0) is 17.1. The van der Waals surface area contributed by atoms with Crippen molar-refractivity contribution in [3.05, 3.63) is 46.3 Å². The number of hydrogen-bond acceptors (Lipinski definition) is 3. The van der Waals surface area contributed by atoms with Crippen molar-refractivity contribution in [2.24, 2.45) is 0 Å². The number of nitrogens with one attached hydrogen (secondary N) is 1. The van der Waals surface area contributed by atoms with Crippen molar-refractivity contribution < 1.29 is 9.59 Å². The lowest BCUT2D eigenvalue weighted by molar-refractivity contribution is -0.118. The first-order valence-electron chi connectivity index (χ1n) is 8.27. The molecule has 2 aromatic rings. The van der Waals surface area contributed by atoms with Gasteiger partial charge in [0.2, 0.25) is 5.91 Å². The maximum absolute atomic E-state index is 12.7. The van der Waals surface area contributed by atoms with Gasteiger partial charge in [0.25, 0.3) is 5.91 Å². The van der Waals surface area contributed by atoms with Crippen LogP contribution in [0.2, 0.25) is 0 Å². The second-order valence-corrected chi connectivity index (χ2v) is 7.24. The predicted molar refractivity (Wildman–Crippen MR) is 97.4 cm³/mol. The molecule has 1 N–H and O–H groups in total. The number of rotatable bonds is 5. The third kappa shape index (κ3) is 3.51. The van der Waals surface area contributed by atoms with Crippen molar-refractivity contribution in [3.8, 4) is 10.4 Å². The van der Waals surface area contributed by atoms with E-state index in [1.54, 1.807) is 16.2 Å². The van der Waals surface area contributed by atoms with Gasteiger partial charge in [0.1, 0.15) is 0 Å². The van der Waals surface area contributed by atoms with Crippen LogP contribution in [0.5, 0.6) is 0 Å². The minimum absolute atomic E-state index is 0.0337. The van der Waals surface area contributed by atoms with Crippen LogP contribution < -0.4 is 5.32 Å². The molecule has 0 fully saturated rings. The first-order valence-corrected chi connectivity index (χ1v) is 9.09. The lowest BCUT2D eigenvalue weighted by Crippen LogP contribution is -2.30. The third-order valence-electron chi connectivity index (χ3n) is 4.34. The summed E-state index contributed by atoms with van der Waals surface area (Å²) in [6.45, 7) is 2.74. The molecule has 3 rings (SSSR count). The van der Waals surface area contributed by atoms with E-state index < -0.39 is 0 Å². The molecule has 0 saturated carbocycles. The second-order valence-electron chi connectivity index (χ2n) is 6.19. The lowest BCUT2D eigenvalue weighted by Gasteiger charge is -2.16. The standard InChI is InChI=1S/C19H22N2O2S/c1-13(22)20-10-5-11-21(2)19(23)17-12-15-9-8-14-6-3-4-7-16(14)18(15)24-17/h3-4,6-7,12H,5,8-11H2,1-2H3,(H,20,22). The molecule has 0 aliphatic heterocycles. The van der Waals surface area contributed by atoms with Gasteiger partial charge in [0.05, 0.1) is 4.88 Å². The van der Waals surface area contributed by atoms with Crippen LogP contribution in [-0.4, -0.2) is 36.9 Å². The van der Waals surface area contributed by atoms with E-state index in [1.165, 1.54) is 28.5 Å². The Balaban J connectivity index is 1.69. The van der Waals surface area contributed by atoms with Gasteiger partial charge >= 0.3 is 0 Å². The van der Waals surface area contributed by atoms with Gasteiger partial charge in [-0.1, -0.05) is 24.3 Å². The largest absolute Gasteiger partial charge is 0.356 e. The number of carbonyl (C=O) groups is 2. The van der Waals surface area contributed by atoms with Gasteiger partial charge < -0.3 is 10.2 Å². The molecule has 126 valence electrons. The highest BCUT2D eigenvalue weighted by molar-refractivity contribution is 7.17. The van der Waals surface area contributed by atoms with E-state index >= 15 is 0 Å².